The van der Waals surface area contributed by atoms with Crippen molar-refractivity contribution in [2.24, 2.45) is 5.92 Å². The van der Waals surface area contributed by atoms with Crippen molar-refractivity contribution < 1.29 is 0 Å². The predicted octanol–water partition coefficient (Wildman–Crippen LogP) is 3.26. The minimum absolute atomic E-state index is 0.170. The van der Waals surface area contributed by atoms with E-state index in [1.165, 1.54) is 43.1 Å². The van der Waals surface area contributed by atoms with Crippen LogP contribution in [0, 0.1) is 5.92 Å². The summed E-state index contributed by atoms with van der Waals surface area (Å²) in [5.74, 6) is 0.917. The minimum atomic E-state index is 0.170. The van der Waals surface area contributed by atoms with Gasteiger partial charge in [0.05, 0.1) is 5.69 Å². The fourth-order valence-electron chi connectivity index (χ4n) is 2.59. The number of likely N-dealkylation sites (tertiary alicyclic amines) is 1. The molecule has 1 aliphatic heterocycles. The normalized spacial score (nSPS) is 18.6. The smallest absolute Gasteiger partial charge is 0.107 e. The van der Waals surface area contributed by atoms with Crippen LogP contribution in [-0.4, -0.2) is 36.6 Å². The van der Waals surface area contributed by atoms with Crippen LogP contribution >= 0.6 is 11.3 Å². The Morgan fingerprint density at radius 1 is 1.35 bits per heavy atom. The zero-order valence-corrected chi connectivity index (χ0v) is 14.2. The van der Waals surface area contributed by atoms with Gasteiger partial charge in [0.2, 0.25) is 0 Å². The van der Waals surface area contributed by atoms with Crippen molar-refractivity contribution in [2.75, 3.05) is 26.7 Å². The highest BCUT2D eigenvalue weighted by atomic mass is 32.1. The van der Waals surface area contributed by atoms with Crippen molar-refractivity contribution in [3.05, 3.63) is 16.1 Å². The maximum atomic E-state index is 4.73. The van der Waals surface area contributed by atoms with Crippen LogP contribution in [0.4, 0.5) is 0 Å². The average molecular weight is 295 g/mol. The lowest BCUT2D eigenvalue weighted by atomic mass is 9.93. The first kappa shape index (κ1) is 15.9. The molecule has 0 aliphatic carbocycles. The molecule has 0 amide bonds. The predicted molar refractivity (Wildman–Crippen MR) is 87.4 cm³/mol. The first-order valence-corrected chi connectivity index (χ1v) is 8.67. The Labute approximate surface area is 127 Å². The lowest BCUT2D eigenvalue weighted by Gasteiger charge is -2.28. The molecule has 1 N–H and O–H groups in total. The summed E-state index contributed by atoms with van der Waals surface area (Å²) in [5.41, 5.74) is 1.39. The fourth-order valence-corrected chi connectivity index (χ4v) is 3.58. The molecule has 114 valence electrons. The molecule has 0 spiro atoms. The molecule has 0 radical (unpaired) electrons. The highest BCUT2D eigenvalue weighted by Gasteiger charge is 2.18. The van der Waals surface area contributed by atoms with E-state index in [1.807, 2.05) is 0 Å². The maximum Gasteiger partial charge on any atom is 0.107 e. The molecule has 0 saturated carbocycles. The van der Waals surface area contributed by atoms with Gasteiger partial charge in [0.25, 0.3) is 0 Å². The SMILES string of the molecule is CN1CCC(CCNCc2nc(C(C)(C)C)cs2)CC1. The topological polar surface area (TPSA) is 28.2 Å². The molecule has 4 heteroatoms. The summed E-state index contributed by atoms with van der Waals surface area (Å²) in [6.07, 6.45) is 4.04. The standard InChI is InChI=1S/C16H29N3S/c1-16(2,3)14-12-20-15(18-14)11-17-8-5-13-6-9-19(4)10-7-13/h12-13,17H,5-11H2,1-4H3. The molecule has 20 heavy (non-hydrogen) atoms. The maximum absolute atomic E-state index is 4.73. The Morgan fingerprint density at radius 2 is 2.05 bits per heavy atom. The van der Waals surface area contributed by atoms with Crippen LogP contribution in [0.1, 0.15) is 50.7 Å². The first-order chi connectivity index (χ1) is 9.45. The molecular weight excluding hydrogens is 266 g/mol. The van der Waals surface area contributed by atoms with Gasteiger partial charge >= 0.3 is 0 Å². The van der Waals surface area contributed by atoms with E-state index in [9.17, 15) is 0 Å². The van der Waals surface area contributed by atoms with Gasteiger partial charge in [0.15, 0.2) is 0 Å². The third-order valence-electron chi connectivity index (χ3n) is 4.16. The van der Waals surface area contributed by atoms with E-state index in [2.05, 4.69) is 43.4 Å². The van der Waals surface area contributed by atoms with E-state index in [4.69, 9.17) is 4.98 Å². The van der Waals surface area contributed by atoms with E-state index >= 15 is 0 Å². The fraction of sp³-hybridized carbons (Fsp3) is 0.812. The summed E-state index contributed by atoms with van der Waals surface area (Å²) in [6.45, 7) is 11.3. The van der Waals surface area contributed by atoms with Gasteiger partial charge in [-0.1, -0.05) is 20.8 Å². The van der Waals surface area contributed by atoms with Gasteiger partial charge in [0.1, 0.15) is 5.01 Å². The lowest BCUT2D eigenvalue weighted by molar-refractivity contribution is 0.211. The molecule has 3 nitrogen and oxygen atoms in total. The number of thiazole rings is 1. The van der Waals surface area contributed by atoms with E-state index in [0.717, 1.165) is 19.0 Å². The molecule has 1 aromatic heterocycles. The zero-order chi connectivity index (χ0) is 14.6. The number of piperidine rings is 1. The molecule has 2 heterocycles. The van der Waals surface area contributed by atoms with Crippen LogP contribution in [0.3, 0.4) is 0 Å². The second kappa shape index (κ2) is 7.01. The summed E-state index contributed by atoms with van der Waals surface area (Å²) < 4.78 is 0. The van der Waals surface area contributed by atoms with Crippen LogP contribution in [-0.2, 0) is 12.0 Å². The van der Waals surface area contributed by atoms with E-state index in [1.54, 1.807) is 11.3 Å². The third-order valence-corrected chi connectivity index (χ3v) is 5.01. The van der Waals surface area contributed by atoms with Crippen LogP contribution in [0.25, 0.3) is 0 Å². The van der Waals surface area contributed by atoms with Gasteiger partial charge in [-0.05, 0) is 51.9 Å². The highest BCUT2D eigenvalue weighted by Crippen LogP contribution is 2.24. The number of aromatic nitrogens is 1. The molecule has 2 rings (SSSR count). The molecule has 0 atom stereocenters. The van der Waals surface area contributed by atoms with E-state index in [0.29, 0.717) is 0 Å². The van der Waals surface area contributed by atoms with Crippen molar-refractivity contribution in [2.45, 2.75) is 52.0 Å². The quantitative estimate of drug-likeness (QED) is 0.845. The number of hydrogen-bond acceptors (Lipinski definition) is 4. The zero-order valence-electron chi connectivity index (χ0n) is 13.4. The molecule has 0 bridgehead atoms. The number of nitrogens with zero attached hydrogens (tertiary/aromatic N) is 2. The van der Waals surface area contributed by atoms with Crippen molar-refractivity contribution in [1.29, 1.82) is 0 Å². The monoisotopic (exact) mass is 295 g/mol. The van der Waals surface area contributed by atoms with E-state index in [-0.39, 0.29) is 5.41 Å². The molecule has 1 saturated heterocycles. The van der Waals surface area contributed by atoms with Crippen molar-refractivity contribution in [3.8, 4) is 0 Å². The Kier molecular flexibility index (Phi) is 5.58. The molecule has 1 aliphatic rings. The van der Waals surface area contributed by atoms with Crippen LogP contribution in [0.15, 0.2) is 5.38 Å². The second-order valence-corrected chi connectivity index (χ2v) is 8.03. The van der Waals surface area contributed by atoms with Crippen molar-refractivity contribution >= 4 is 11.3 Å². The Bertz CT molecular complexity index is 400. The average Bonchev–Trinajstić information content (AvgIpc) is 2.85. The summed E-state index contributed by atoms with van der Waals surface area (Å²) in [4.78, 5) is 7.16. The largest absolute Gasteiger partial charge is 0.310 e. The summed E-state index contributed by atoms with van der Waals surface area (Å²) in [7, 11) is 2.23. The van der Waals surface area contributed by atoms with Crippen LogP contribution < -0.4 is 5.32 Å². The summed E-state index contributed by atoms with van der Waals surface area (Å²) >= 11 is 1.78. The van der Waals surface area contributed by atoms with Crippen molar-refractivity contribution in [3.63, 3.8) is 0 Å². The molecule has 0 aromatic carbocycles. The third kappa shape index (κ3) is 4.83. The molecule has 0 unspecified atom stereocenters. The number of rotatable bonds is 5. The van der Waals surface area contributed by atoms with Gasteiger partial charge < -0.3 is 10.2 Å². The molecule has 1 fully saturated rings. The highest BCUT2D eigenvalue weighted by molar-refractivity contribution is 7.09. The van der Waals surface area contributed by atoms with E-state index < -0.39 is 0 Å². The van der Waals surface area contributed by atoms with Gasteiger partial charge in [-0.15, -0.1) is 11.3 Å². The number of nitrogens with one attached hydrogen (secondary N) is 1. The number of hydrogen-bond donors (Lipinski definition) is 1. The van der Waals surface area contributed by atoms with Gasteiger partial charge in [-0.25, -0.2) is 4.98 Å². The minimum Gasteiger partial charge on any atom is -0.310 e. The van der Waals surface area contributed by atoms with Gasteiger partial charge in [-0.2, -0.15) is 0 Å². The molecule has 1 aromatic rings. The van der Waals surface area contributed by atoms with Crippen molar-refractivity contribution in [1.82, 2.24) is 15.2 Å². The second-order valence-electron chi connectivity index (χ2n) is 7.09. The van der Waals surface area contributed by atoms with Gasteiger partial charge in [0, 0.05) is 17.3 Å². The summed E-state index contributed by atoms with van der Waals surface area (Å²) in [6, 6.07) is 0. The lowest BCUT2D eigenvalue weighted by Crippen LogP contribution is -2.31. The Morgan fingerprint density at radius 3 is 2.65 bits per heavy atom. The van der Waals surface area contributed by atoms with Crippen LogP contribution in [0.2, 0.25) is 0 Å². The Balaban J connectivity index is 1.65. The van der Waals surface area contributed by atoms with Crippen LogP contribution in [0.5, 0.6) is 0 Å². The van der Waals surface area contributed by atoms with Gasteiger partial charge in [-0.3, -0.25) is 0 Å². The molecular formula is C16H29N3S. The Hall–Kier alpha value is -0.450. The summed E-state index contributed by atoms with van der Waals surface area (Å²) in [5, 5.41) is 6.98. The first-order valence-electron chi connectivity index (χ1n) is 7.79.